The minimum atomic E-state index is -0.575. The van der Waals surface area contributed by atoms with E-state index in [4.69, 9.17) is 4.74 Å². The van der Waals surface area contributed by atoms with E-state index >= 15 is 0 Å². The van der Waals surface area contributed by atoms with Gasteiger partial charge in [0, 0.05) is 5.39 Å². The van der Waals surface area contributed by atoms with Gasteiger partial charge in [-0.25, -0.2) is 9.48 Å². The molecule has 9 heteroatoms. The number of hydrogen-bond donors (Lipinski definition) is 1. The van der Waals surface area contributed by atoms with Crippen LogP contribution in [0.3, 0.4) is 0 Å². The van der Waals surface area contributed by atoms with Crippen molar-refractivity contribution in [1.82, 2.24) is 9.78 Å². The number of hydrogen-bond acceptors (Lipinski definition) is 7. The largest absolute Gasteiger partial charge is 0.462 e. The maximum Gasteiger partial charge on any atom is 0.348 e. The highest BCUT2D eigenvalue weighted by Crippen LogP contribution is 2.33. The number of nitrogens with one attached hydrogen (secondary N) is 1. The summed E-state index contributed by atoms with van der Waals surface area (Å²) in [5.74, 6) is -1.12. The van der Waals surface area contributed by atoms with E-state index in [0.717, 1.165) is 11.3 Å². The molecule has 0 saturated carbocycles. The van der Waals surface area contributed by atoms with Crippen LogP contribution < -0.4 is 10.9 Å². The molecule has 1 N–H and O–H groups in total. The van der Waals surface area contributed by atoms with Gasteiger partial charge in [0.2, 0.25) is 0 Å². The van der Waals surface area contributed by atoms with Crippen molar-refractivity contribution in [3.63, 3.8) is 0 Å². The lowest BCUT2D eigenvalue weighted by Gasteiger charge is -2.13. The van der Waals surface area contributed by atoms with Gasteiger partial charge in [-0.3, -0.25) is 9.59 Å². The number of nitriles is 1. The van der Waals surface area contributed by atoms with Gasteiger partial charge in [0.1, 0.15) is 15.9 Å². The number of anilines is 1. The number of amides is 1. The van der Waals surface area contributed by atoms with E-state index in [1.807, 2.05) is 6.07 Å². The third-order valence-corrected chi connectivity index (χ3v) is 5.67. The normalized spacial score (nSPS) is 10.8. The number of ether oxygens (including phenoxy) is 1. The summed E-state index contributed by atoms with van der Waals surface area (Å²) >= 11 is 0.976. The van der Waals surface area contributed by atoms with E-state index < -0.39 is 11.9 Å². The van der Waals surface area contributed by atoms with E-state index in [1.54, 1.807) is 52.0 Å². The summed E-state index contributed by atoms with van der Waals surface area (Å²) in [5.41, 5.74) is 0.414. The van der Waals surface area contributed by atoms with Gasteiger partial charge in [-0.15, -0.1) is 11.3 Å². The molecule has 3 rings (SSSR count). The lowest BCUT2D eigenvalue weighted by atomic mass is 10.1. The van der Waals surface area contributed by atoms with Gasteiger partial charge in [0.15, 0.2) is 5.69 Å². The number of carbonyl (C=O) groups excluding carboxylic acids is 2. The van der Waals surface area contributed by atoms with Crippen LogP contribution in [0.4, 0.5) is 5.00 Å². The second-order valence-electron chi connectivity index (χ2n) is 6.78. The Hall–Kier alpha value is -3.51. The van der Waals surface area contributed by atoms with Gasteiger partial charge in [-0.1, -0.05) is 18.2 Å². The molecule has 0 radical (unpaired) electrons. The van der Waals surface area contributed by atoms with E-state index in [9.17, 15) is 19.6 Å². The predicted molar refractivity (Wildman–Crippen MR) is 114 cm³/mol. The molecule has 0 aliphatic heterocycles. The van der Waals surface area contributed by atoms with Gasteiger partial charge >= 0.3 is 5.97 Å². The fourth-order valence-electron chi connectivity index (χ4n) is 3.01. The summed E-state index contributed by atoms with van der Waals surface area (Å²) in [4.78, 5) is 38.2. The number of rotatable bonds is 5. The van der Waals surface area contributed by atoms with Crippen LogP contribution in [0.5, 0.6) is 0 Å². The number of benzene rings is 1. The molecule has 0 saturated heterocycles. The Labute approximate surface area is 176 Å². The molecule has 0 atom stereocenters. The first kappa shape index (κ1) is 21.2. The second-order valence-corrected chi connectivity index (χ2v) is 7.80. The summed E-state index contributed by atoms with van der Waals surface area (Å²) in [7, 11) is 0. The Balaban J connectivity index is 2.10. The average molecular weight is 424 g/mol. The minimum Gasteiger partial charge on any atom is -0.462 e. The topological polar surface area (TPSA) is 114 Å². The molecule has 0 aliphatic carbocycles. The lowest BCUT2D eigenvalue weighted by Crippen LogP contribution is -2.28. The first-order valence-corrected chi connectivity index (χ1v) is 10.1. The fraction of sp³-hybridized carbons (Fsp3) is 0.286. The summed E-state index contributed by atoms with van der Waals surface area (Å²) < 4.78 is 6.28. The highest BCUT2D eigenvalue weighted by atomic mass is 32.1. The van der Waals surface area contributed by atoms with Crippen LogP contribution >= 0.6 is 11.3 Å². The molecule has 154 valence electrons. The minimum absolute atomic E-state index is 0.0616. The van der Waals surface area contributed by atoms with E-state index in [0.29, 0.717) is 16.3 Å². The molecular formula is C21H20N4O4S. The van der Waals surface area contributed by atoms with Crippen LogP contribution in [0.1, 0.15) is 58.1 Å². The number of esters is 1. The summed E-state index contributed by atoms with van der Waals surface area (Å²) in [6, 6.07) is 8.51. The summed E-state index contributed by atoms with van der Waals surface area (Å²) in [6.07, 6.45) is 0. The van der Waals surface area contributed by atoms with Crippen molar-refractivity contribution in [2.24, 2.45) is 0 Å². The number of aromatic nitrogens is 2. The number of carbonyl (C=O) groups is 2. The van der Waals surface area contributed by atoms with Crippen molar-refractivity contribution in [1.29, 1.82) is 5.26 Å². The Kier molecular flexibility index (Phi) is 5.99. The van der Waals surface area contributed by atoms with Crippen LogP contribution in [0.15, 0.2) is 29.1 Å². The van der Waals surface area contributed by atoms with Crippen molar-refractivity contribution in [3.8, 4) is 6.07 Å². The van der Waals surface area contributed by atoms with Gasteiger partial charge in [-0.05, 0) is 39.3 Å². The van der Waals surface area contributed by atoms with Crippen molar-refractivity contribution < 1.29 is 14.3 Å². The zero-order chi connectivity index (χ0) is 22.0. The number of thiophene rings is 1. The summed E-state index contributed by atoms with van der Waals surface area (Å²) in [5, 5.41) is 17.5. The molecule has 3 aromatic rings. The van der Waals surface area contributed by atoms with Crippen LogP contribution in [-0.2, 0) is 4.74 Å². The first-order chi connectivity index (χ1) is 14.3. The Morgan fingerprint density at radius 1 is 1.30 bits per heavy atom. The molecule has 2 heterocycles. The monoisotopic (exact) mass is 424 g/mol. The molecule has 1 aromatic carbocycles. The Morgan fingerprint density at radius 3 is 2.57 bits per heavy atom. The van der Waals surface area contributed by atoms with Gasteiger partial charge in [0.05, 0.1) is 23.6 Å². The van der Waals surface area contributed by atoms with Crippen molar-refractivity contribution in [3.05, 3.63) is 56.3 Å². The van der Waals surface area contributed by atoms with Crippen LogP contribution in [0.2, 0.25) is 0 Å². The van der Waals surface area contributed by atoms with Crippen molar-refractivity contribution >= 4 is 39.0 Å². The predicted octanol–water partition coefficient (Wildman–Crippen LogP) is 3.65. The van der Waals surface area contributed by atoms with E-state index in [-0.39, 0.29) is 39.3 Å². The second kappa shape index (κ2) is 8.47. The average Bonchev–Trinajstić information content (AvgIpc) is 3.03. The first-order valence-electron chi connectivity index (χ1n) is 9.33. The van der Waals surface area contributed by atoms with Crippen molar-refractivity contribution in [2.75, 3.05) is 11.9 Å². The lowest BCUT2D eigenvalue weighted by molar-refractivity contribution is 0.0531. The molecular weight excluding hydrogens is 404 g/mol. The smallest absolute Gasteiger partial charge is 0.348 e. The summed E-state index contributed by atoms with van der Waals surface area (Å²) in [6.45, 7) is 7.12. The maximum atomic E-state index is 13.1. The molecule has 0 bridgehead atoms. The molecule has 0 aliphatic rings. The van der Waals surface area contributed by atoms with Crippen molar-refractivity contribution in [2.45, 2.75) is 33.7 Å². The van der Waals surface area contributed by atoms with Gasteiger partial charge in [0.25, 0.3) is 11.5 Å². The zero-order valence-corrected chi connectivity index (χ0v) is 17.8. The standard InChI is InChI=1S/C21H20N4O4S/c1-5-29-21(28)17-12(4)15(10-22)19(30-17)23-18(26)16-13-8-6-7-9-14(13)20(27)25(24-16)11(2)3/h6-9,11H,5H2,1-4H3,(H,23,26). The van der Waals surface area contributed by atoms with Crippen LogP contribution in [0, 0.1) is 18.3 Å². The molecule has 8 nitrogen and oxygen atoms in total. The maximum absolute atomic E-state index is 13.1. The molecule has 0 spiro atoms. The third kappa shape index (κ3) is 3.69. The van der Waals surface area contributed by atoms with Crippen LogP contribution in [0.25, 0.3) is 10.8 Å². The van der Waals surface area contributed by atoms with E-state index in [1.165, 1.54) is 4.68 Å². The van der Waals surface area contributed by atoms with Gasteiger partial charge < -0.3 is 10.1 Å². The quantitative estimate of drug-likeness (QED) is 0.625. The van der Waals surface area contributed by atoms with E-state index in [2.05, 4.69) is 10.4 Å². The molecule has 0 fully saturated rings. The Morgan fingerprint density at radius 2 is 1.97 bits per heavy atom. The molecule has 30 heavy (non-hydrogen) atoms. The Bertz CT molecular complexity index is 1250. The van der Waals surface area contributed by atoms with Gasteiger partial charge in [-0.2, -0.15) is 10.4 Å². The van der Waals surface area contributed by atoms with Crippen LogP contribution in [-0.4, -0.2) is 28.3 Å². The number of nitrogens with zero attached hydrogens (tertiary/aromatic N) is 3. The molecule has 0 unspecified atom stereocenters. The highest BCUT2D eigenvalue weighted by molar-refractivity contribution is 7.18. The zero-order valence-electron chi connectivity index (χ0n) is 17.0. The number of fused-ring (bicyclic) bond motifs is 1. The fourth-order valence-corrected chi connectivity index (χ4v) is 4.06. The third-order valence-electron chi connectivity index (χ3n) is 4.48. The highest BCUT2D eigenvalue weighted by Gasteiger charge is 2.24. The molecule has 1 amide bonds. The molecule has 2 aromatic heterocycles. The SMILES string of the molecule is CCOC(=O)c1sc(NC(=O)c2nn(C(C)C)c(=O)c3ccccc23)c(C#N)c1C.